The highest BCUT2D eigenvalue weighted by atomic mass is 16.5. The number of Topliss-reactive ketones (excluding diaryl/α,β-unsaturated/α-hetero) is 1. The van der Waals surface area contributed by atoms with Crippen molar-refractivity contribution in [1.29, 1.82) is 0 Å². The molecule has 0 saturated heterocycles. The fraction of sp³-hybridized carbons (Fsp3) is 0.636. The molecule has 6 nitrogen and oxygen atoms in total. The molecule has 0 aliphatic heterocycles. The van der Waals surface area contributed by atoms with Crippen molar-refractivity contribution in [2.24, 2.45) is 0 Å². The van der Waals surface area contributed by atoms with Crippen LogP contribution in [0.1, 0.15) is 19.8 Å². The maximum absolute atomic E-state index is 11.1. The van der Waals surface area contributed by atoms with Crippen LogP contribution >= 0.6 is 0 Å². The van der Waals surface area contributed by atoms with Crippen molar-refractivity contribution >= 4 is 11.8 Å². The molecule has 0 aliphatic rings. The average molecular weight is 246 g/mol. The van der Waals surface area contributed by atoms with Crippen LogP contribution in [0.25, 0.3) is 0 Å². The molecule has 6 heteroatoms. The first-order valence-electron chi connectivity index (χ1n) is 5.28. The topological polar surface area (TPSA) is 104 Å². The summed E-state index contributed by atoms with van der Waals surface area (Å²) >= 11 is 0. The Labute approximate surface area is 99.5 Å². The second kappa shape index (κ2) is 7.94. The zero-order valence-electron chi connectivity index (χ0n) is 9.76. The van der Waals surface area contributed by atoms with E-state index in [1.807, 2.05) is 0 Å². The second-order valence-corrected chi connectivity index (χ2v) is 3.50. The number of carbonyl (C=O) groups excluding carboxylic acids is 2. The van der Waals surface area contributed by atoms with E-state index in [0.717, 1.165) is 0 Å². The van der Waals surface area contributed by atoms with E-state index >= 15 is 0 Å². The van der Waals surface area contributed by atoms with Crippen molar-refractivity contribution in [2.45, 2.75) is 32.0 Å². The molecular weight excluding hydrogens is 228 g/mol. The van der Waals surface area contributed by atoms with Gasteiger partial charge in [0.15, 0.2) is 5.78 Å². The molecule has 0 aromatic rings. The fourth-order valence-corrected chi connectivity index (χ4v) is 1.12. The van der Waals surface area contributed by atoms with Crippen LogP contribution in [-0.4, -0.2) is 52.5 Å². The molecular formula is C11H18O6. The lowest BCUT2D eigenvalue weighted by Crippen LogP contribution is -2.35. The van der Waals surface area contributed by atoms with Crippen LogP contribution in [0.4, 0.5) is 0 Å². The number of aliphatic hydroxyl groups is 3. The lowest BCUT2D eigenvalue weighted by atomic mass is 10.0. The molecule has 0 aliphatic carbocycles. The standard InChI is InChI=1S/C11H18O6/c1-3-17-11(16)7(2)4-5-8(13)10(15)9(14)6-12/h8,10,12-13,15H,2-6H2,1H3/t8-,10+/m1/s1. The van der Waals surface area contributed by atoms with E-state index in [4.69, 9.17) is 5.11 Å². The van der Waals surface area contributed by atoms with E-state index in [1.165, 1.54) is 0 Å². The third kappa shape index (κ3) is 5.58. The van der Waals surface area contributed by atoms with E-state index in [2.05, 4.69) is 11.3 Å². The summed E-state index contributed by atoms with van der Waals surface area (Å²) in [6, 6.07) is 0. The first kappa shape index (κ1) is 15.8. The number of aliphatic hydroxyl groups excluding tert-OH is 3. The SMILES string of the molecule is C=C(CC[C@@H](O)[C@H](O)C(=O)CO)C(=O)OCC. The molecule has 0 unspecified atom stereocenters. The summed E-state index contributed by atoms with van der Waals surface area (Å²) in [5, 5.41) is 27.1. The smallest absolute Gasteiger partial charge is 0.333 e. The van der Waals surface area contributed by atoms with Gasteiger partial charge in [-0.15, -0.1) is 0 Å². The van der Waals surface area contributed by atoms with Gasteiger partial charge in [0.2, 0.25) is 0 Å². The lowest BCUT2D eigenvalue weighted by Gasteiger charge is -2.15. The Bertz CT molecular complexity index is 286. The molecule has 3 N–H and O–H groups in total. The van der Waals surface area contributed by atoms with Gasteiger partial charge < -0.3 is 20.1 Å². The largest absolute Gasteiger partial charge is 0.463 e. The predicted molar refractivity (Wildman–Crippen MR) is 59.1 cm³/mol. The summed E-state index contributed by atoms with van der Waals surface area (Å²) < 4.78 is 4.68. The van der Waals surface area contributed by atoms with Crippen LogP contribution in [0.3, 0.4) is 0 Å². The number of carbonyl (C=O) groups is 2. The van der Waals surface area contributed by atoms with Gasteiger partial charge in [-0.05, 0) is 19.8 Å². The number of hydrogen-bond donors (Lipinski definition) is 3. The Hall–Kier alpha value is -1.24. The number of hydrogen-bond acceptors (Lipinski definition) is 6. The van der Waals surface area contributed by atoms with Gasteiger partial charge in [0.05, 0.1) is 12.7 Å². The Kier molecular flexibility index (Phi) is 7.36. The first-order chi connectivity index (χ1) is 7.93. The highest BCUT2D eigenvalue weighted by Gasteiger charge is 2.23. The minimum atomic E-state index is -1.64. The van der Waals surface area contributed by atoms with E-state index < -0.39 is 30.6 Å². The van der Waals surface area contributed by atoms with Crippen molar-refractivity contribution in [3.8, 4) is 0 Å². The third-order valence-corrected chi connectivity index (χ3v) is 2.16. The van der Waals surface area contributed by atoms with Gasteiger partial charge in [0.25, 0.3) is 0 Å². The normalized spacial score (nSPS) is 13.9. The third-order valence-electron chi connectivity index (χ3n) is 2.16. The Morgan fingerprint density at radius 2 is 1.94 bits per heavy atom. The van der Waals surface area contributed by atoms with Gasteiger partial charge in [0.1, 0.15) is 12.7 Å². The van der Waals surface area contributed by atoms with Gasteiger partial charge in [-0.25, -0.2) is 4.79 Å². The molecule has 0 aromatic carbocycles. The van der Waals surface area contributed by atoms with Gasteiger partial charge in [0, 0.05) is 5.57 Å². The average Bonchev–Trinajstić information content (AvgIpc) is 2.33. The highest BCUT2D eigenvalue weighted by Crippen LogP contribution is 2.10. The Morgan fingerprint density at radius 1 is 1.35 bits per heavy atom. The summed E-state index contributed by atoms with van der Waals surface area (Å²) in [4.78, 5) is 22.0. The van der Waals surface area contributed by atoms with Gasteiger partial charge >= 0.3 is 5.97 Å². The number of esters is 1. The molecule has 0 fully saturated rings. The molecule has 0 radical (unpaired) electrons. The minimum absolute atomic E-state index is 0.00937. The second-order valence-electron chi connectivity index (χ2n) is 3.50. The molecule has 0 heterocycles. The summed E-state index contributed by atoms with van der Waals surface area (Å²) in [6.45, 7) is 4.52. The zero-order valence-corrected chi connectivity index (χ0v) is 9.76. The molecule has 98 valence electrons. The van der Waals surface area contributed by atoms with E-state index in [-0.39, 0.29) is 25.0 Å². The van der Waals surface area contributed by atoms with Crippen LogP contribution in [0, 0.1) is 0 Å². The van der Waals surface area contributed by atoms with Crippen molar-refractivity contribution in [3.63, 3.8) is 0 Å². The van der Waals surface area contributed by atoms with Crippen molar-refractivity contribution in [2.75, 3.05) is 13.2 Å². The van der Waals surface area contributed by atoms with Crippen LogP contribution in [0.15, 0.2) is 12.2 Å². The molecule has 0 spiro atoms. The van der Waals surface area contributed by atoms with Crippen LogP contribution in [0.2, 0.25) is 0 Å². The first-order valence-corrected chi connectivity index (χ1v) is 5.28. The van der Waals surface area contributed by atoms with Gasteiger partial charge in [-0.2, -0.15) is 0 Å². The van der Waals surface area contributed by atoms with E-state index in [1.54, 1.807) is 6.92 Å². The number of rotatable bonds is 8. The van der Waals surface area contributed by atoms with E-state index in [9.17, 15) is 19.8 Å². The number of ether oxygens (including phenoxy) is 1. The molecule has 0 rings (SSSR count). The Balaban J connectivity index is 4.07. The predicted octanol–water partition coefficient (Wildman–Crippen LogP) is -0.831. The summed E-state index contributed by atoms with van der Waals surface area (Å²) in [6.07, 6.45) is -2.88. The summed E-state index contributed by atoms with van der Waals surface area (Å²) in [5.74, 6) is -1.43. The number of ketones is 1. The van der Waals surface area contributed by atoms with Crippen LogP contribution in [-0.2, 0) is 14.3 Å². The van der Waals surface area contributed by atoms with Crippen LogP contribution in [0.5, 0.6) is 0 Å². The molecule has 2 atom stereocenters. The quantitative estimate of drug-likeness (QED) is 0.381. The molecule has 17 heavy (non-hydrogen) atoms. The zero-order chi connectivity index (χ0) is 13.4. The monoisotopic (exact) mass is 246 g/mol. The van der Waals surface area contributed by atoms with Crippen LogP contribution < -0.4 is 0 Å². The molecule has 0 bridgehead atoms. The minimum Gasteiger partial charge on any atom is -0.463 e. The van der Waals surface area contributed by atoms with Crippen molar-refractivity contribution in [3.05, 3.63) is 12.2 Å². The fourth-order valence-electron chi connectivity index (χ4n) is 1.12. The molecule has 0 aromatic heterocycles. The maximum atomic E-state index is 11.1. The maximum Gasteiger partial charge on any atom is 0.333 e. The Morgan fingerprint density at radius 3 is 2.41 bits per heavy atom. The van der Waals surface area contributed by atoms with Crippen molar-refractivity contribution in [1.82, 2.24) is 0 Å². The molecule has 0 amide bonds. The summed E-state index contributed by atoms with van der Waals surface area (Å²) in [7, 11) is 0. The lowest BCUT2D eigenvalue weighted by molar-refractivity contribution is -0.138. The van der Waals surface area contributed by atoms with Gasteiger partial charge in [-0.3, -0.25) is 4.79 Å². The summed E-state index contributed by atoms with van der Waals surface area (Å²) in [5.41, 5.74) is 0.162. The van der Waals surface area contributed by atoms with Gasteiger partial charge in [-0.1, -0.05) is 6.58 Å². The molecule has 0 saturated carbocycles. The van der Waals surface area contributed by atoms with E-state index in [0.29, 0.717) is 0 Å². The highest BCUT2D eigenvalue weighted by molar-refractivity contribution is 5.87. The van der Waals surface area contributed by atoms with Crippen molar-refractivity contribution < 1.29 is 29.6 Å².